The zero-order valence-corrected chi connectivity index (χ0v) is 23.5. The van der Waals surface area contributed by atoms with Gasteiger partial charge in [-0.05, 0) is 82.7 Å². The number of hydrogen-bond acceptors (Lipinski definition) is 8. The van der Waals surface area contributed by atoms with E-state index in [-0.39, 0.29) is 12.5 Å². The normalized spacial score (nSPS) is 12.9. The molecule has 2 heterocycles. The van der Waals surface area contributed by atoms with Crippen LogP contribution in [0.3, 0.4) is 0 Å². The predicted octanol–water partition coefficient (Wildman–Crippen LogP) is 6.54. The summed E-state index contributed by atoms with van der Waals surface area (Å²) in [6.45, 7) is 3.01. The average molecular weight is 559 g/mol. The van der Waals surface area contributed by atoms with Crippen molar-refractivity contribution in [2.24, 2.45) is 0 Å². The lowest BCUT2D eigenvalue weighted by Crippen LogP contribution is -2.17. The summed E-state index contributed by atoms with van der Waals surface area (Å²) in [5.41, 5.74) is 4.61. The van der Waals surface area contributed by atoms with E-state index < -0.39 is 0 Å². The Bertz CT molecular complexity index is 1590. The van der Waals surface area contributed by atoms with Gasteiger partial charge in [0, 0.05) is 41.4 Å². The van der Waals surface area contributed by atoms with Gasteiger partial charge in [-0.25, -0.2) is 0 Å². The topological polar surface area (TPSA) is 116 Å². The molecule has 9 nitrogen and oxygen atoms in total. The fourth-order valence-corrected chi connectivity index (χ4v) is 4.65. The Morgan fingerprint density at radius 2 is 2.08 bits per heavy atom. The number of nitrogens with zero attached hydrogens (tertiary/aromatic N) is 4. The summed E-state index contributed by atoms with van der Waals surface area (Å²) in [6.07, 6.45) is 5.00. The Hall–Kier alpha value is -4.13. The number of rotatable bonds is 11. The molecule has 4 aromatic rings. The van der Waals surface area contributed by atoms with Gasteiger partial charge in [0.1, 0.15) is 29.9 Å². The van der Waals surface area contributed by atoms with Crippen molar-refractivity contribution in [3.05, 3.63) is 70.2 Å². The summed E-state index contributed by atoms with van der Waals surface area (Å²) in [5, 5.41) is 21.4. The number of halogens is 1. The molecule has 2 aromatic heterocycles. The van der Waals surface area contributed by atoms with Gasteiger partial charge in [0.2, 0.25) is 5.91 Å². The highest BCUT2D eigenvalue weighted by atomic mass is 35.5. The van der Waals surface area contributed by atoms with E-state index in [0.29, 0.717) is 56.6 Å². The van der Waals surface area contributed by atoms with Crippen LogP contribution in [0, 0.1) is 18.3 Å². The maximum atomic E-state index is 12.6. The van der Waals surface area contributed by atoms with Crippen LogP contribution in [0.4, 0.5) is 17.1 Å². The molecule has 0 radical (unpaired) electrons. The van der Waals surface area contributed by atoms with Gasteiger partial charge in [0.25, 0.3) is 0 Å². The Balaban J connectivity index is 1.34. The number of pyridine rings is 1. The maximum Gasteiger partial charge on any atom is 0.224 e. The van der Waals surface area contributed by atoms with Gasteiger partial charge < -0.3 is 24.8 Å². The van der Waals surface area contributed by atoms with Crippen molar-refractivity contribution in [1.82, 2.24) is 15.0 Å². The van der Waals surface area contributed by atoms with Gasteiger partial charge in [0.15, 0.2) is 0 Å². The number of aromatic nitrogens is 2. The molecular weight excluding hydrogens is 528 g/mol. The highest BCUT2D eigenvalue weighted by Crippen LogP contribution is 2.40. The molecule has 206 valence electrons. The molecule has 2 aromatic carbocycles. The third-order valence-electron chi connectivity index (χ3n) is 6.75. The van der Waals surface area contributed by atoms with Crippen LogP contribution in [0.15, 0.2) is 47.1 Å². The zero-order chi connectivity index (χ0) is 28.2. The van der Waals surface area contributed by atoms with E-state index in [1.54, 1.807) is 12.1 Å². The van der Waals surface area contributed by atoms with Crippen LogP contribution in [0.2, 0.25) is 5.02 Å². The largest absolute Gasteiger partial charge is 0.486 e. The molecule has 40 heavy (non-hydrogen) atoms. The van der Waals surface area contributed by atoms with Crippen LogP contribution >= 0.6 is 11.6 Å². The molecule has 0 spiro atoms. The van der Waals surface area contributed by atoms with E-state index in [4.69, 9.17) is 20.9 Å². The molecular formula is C30H31ClN6O3. The number of fused-ring (bicyclic) bond motifs is 1. The van der Waals surface area contributed by atoms with E-state index >= 15 is 0 Å². The van der Waals surface area contributed by atoms with Crippen LogP contribution < -0.4 is 15.4 Å². The van der Waals surface area contributed by atoms with E-state index in [2.05, 4.69) is 26.8 Å². The molecule has 2 N–H and O–H groups in total. The number of anilines is 3. The fourth-order valence-electron chi connectivity index (χ4n) is 4.41. The zero-order valence-electron chi connectivity index (χ0n) is 22.8. The quantitative estimate of drug-likeness (QED) is 0.213. The molecule has 1 fully saturated rings. The number of nitriles is 1. The maximum absolute atomic E-state index is 12.6. The third kappa shape index (κ3) is 6.53. The molecule has 1 aliphatic rings. The van der Waals surface area contributed by atoms with Gasteiger partial charge in [-0.3, -0.25) is 9.78 Å². The predicted molar refractivity (Wildman–Crippen MR) is 155 cm³/mol. The fraction of sp³-hybridized carbons (Fsp3) is 0.333. The summed E-state index contributed by atoms with van der Waals surface area (Å²) in [5.74, 6) is 1.85. The first-order valence-corrected chi connectivity index (χ1v) is 13.6. The second kappa shape index (κ2) is 11.9. The number of nitrogens with one attached hydrogen (secondary N) is 2. The number of carbonyl (C=O) groups excluding carboxylic acids is 1. The number of aryl methyl sites for hydroxylation is 1. The van der Waals surface area contributed by atoms with E-state index in [1.165, 1.54) is 6.20 Å². The molecule has 0 atom stereocenters. The van der Waals surface area contributed by atoms with Gasteiger partial charge in [-0.1, -0.05) is 16.8 Å². The van der Waals surface area contributed by atoms with Crippen molar-refractivity contribution in [2.45, 2.75) is 45.1 Å². The first-order valence-electron chi connectivity index (χ1n) is 13.2. The number of carbonyl (C=O) groups is 1. The lowest BCUT2D eigenvalue weighted by molar-refractivity contribution is -0.116. The summed E-state index contributed by atoms with van der Waals surface area (Å²) < 4.78 is 11.3. The summed E-state index contributed by atoms with van der Waals surface area (Å²) in [7, 11) is 3.96. The van der Waals surface area contributed by atoms with Crippen molar-refractivity contribution in [3.63, 3.8) is 0 Å². The van der Waals surface area contributed by atoms with Crippen LogP contribution in [0.5, 0.6) is 5.75 Å². The van der Waals surface area contributed by atoms with Crippen molar-refractivity contribution in [2.75, 3.05) is 31.3 Å². The SMILES string of the molecule is Cc1cc2ncc(C#N)c(Nc3ccc(OCc4cc(C5CC5)on4)c(Cl)c3)c2cc1NC(=O)CCCN(C)C. The molecule has 0 saturated heterocycles. The van der Waals surface area contributed by atoms with Crippen molar-refractivity contribution in [1.29, 1.82) is 5.26 Å². The minimum absolute atomic E-state index is 0.0556. The summed E-state index contributed by atoms with van der Waals surface area (Å²) >= 11 is 6.55. The van der Waals surface area contributed by atoms with Crippen LogP contribution in [0.1, 0.15) is 54.2 Å². The molecule has 1 amide bonds. The number of ether oxygens (including phenoxy) is 1. The van der Waals surface area contributed by atoms with Crippen molar-refractivity contribution < 1.29 is 14.1 Å². The average Bonchev–Trinajstić information content (AvgIpc) is 3.66. The minimum atomic E-state index is -0.0556. The van der Waals surface area contributed by atoms with Gasteiger partial charge in [-0.15, -0.1) is 0 Å². The van der Waals surface area contributed by atoms with Crippen LogP contribution in [0.25, 0.3) is 10.9 Å². The smallest absolute Gasteiger partial charge is 0.224 e. The van der Waals surface area contributed by atoms with Gasteiger partial charge in [-0.2, -0.15) is 5.26 Å². The number of benzene rings is 2. The third-order valence-corrected chi connectivity index (χ3v) is 7.05. The Labute approximate surface area is 238 Å². The first kappa shape index (κ1) is 27.4. The summed E-state index contributed by atoms with van der Waals surface area (Å²) in [4.78, 5) is 19.1. The highest BCUT2D eigenvalue weighted by Gasteiger charge is 2.28. The van der Waals surface area contributed by atoms with Gasteiger partial charge >= 0.3 is 0 Å². The molecule has 0 bridgehead atoms. The van der Waals surface area contributed by atoms with E-state index in [0.717, 1.165) is 42.8 Å². The van der Waals surface area contributed by atoms with E-state index in [1.807, 2.05) is 50.2 Å². The Kier molecular flexibility index (Phi) is 8.19. The monoisotopic (exact) mass is 558 g/mol. The second-order valence-corrected chi connectivity index (χ2v) is 10.8. The molecule has 1 aliphatic carbocycles. The lowest BCUT2D eigenvalue weighted by Gasteiger charge is -2.16. The molecule has 10 heteroatoms. The lowest BCUT2D eigenvalue weighted by atomic mass is 10.0. The van der Waals surface area contributed by atoms with Crippen molar-refractivity contribution in [3.8, 4) is 11.8 Å². The van der Waals surface area contributed by atoms with Gasteiger partial charge in [0.05, 0.1) is 21.8 Å². The number of amides is 1. The summed E-state index contributed by atoms with van der Waals surface area (Å²) in [6, 6.07) is 13.2. The van der Waals surface area contributed by atoms with Crippen molar-refractivity contribution >= 4 is 45.5 Å². The molecule has 0 unspecified atom stereocenters. The second-order valence-electron chi connectivity index (χ2n) is 10.4. The molecule has 5 rings (SSSR count). The molecule has 1 saturated carbocycles. The van der Waals surface area contributed by atoms with E-state index in [9.17, 15) is 10.1 Å². The highest BCUT2D eigenvalue weighted by molar-refractivity contribution is 6.32. The molecule has 0 aliphatic heterocycles. The standard InChI is InChI=1S/C30H31ClN6O3/c1-18-11-26-23(14-25(18)35-29(38)5-4-10-37(2)3)30(20(15-32)16-33-26)34-21-8-9-27(24(31)12-21)39-17-22-13-28(40-36-22)19-6-7-19/h8-9,11-14,16,19H,4-7,10,17H2,1-3H3,(H,33,34)(H,35,38). The van der Waals surface area contributed by atoms with Crippen LogP contribution in [-0.2, 0) is 11.4 Å². The Morgan fingerprint density at radius 3 is 2.80 bits per heavy atom. The number of hydrogen-bond donors (Lipinski definition) is 2. The van der Waals surface area contributed by atoms with Crippen LogP contribution in [-0.4, -0.2) is 41.6 Å². The minimum Gasteiger partial charge on any atom is -0.486 e. The Morgan fingerprint density at radius 1 is 1.25 bits per heavy atom. The first-order chi connectivity index (χ1) is 19.3.